The van der Waals surface area contributed by atoms with E-state index in [1.807, 2.05) is 19.9 Å². The summed E-state index contributed by atoms with van der Waals surface area (Å²) in [6, 6.07) is 4.11. The third-order valence-electron chi connectivity index (χ3n) is 3.29. The van der Waals surface area contributed by atoms with E-state index in [0.29, 0.717) is 12.5 Å². The van der Waals surface area contributed by atoms with Crippen LogP contribution in [-0.2, 0) is 6.54 Å². The Morgan fingerprint density at radius 2 is 2.19 bits per heavy atom. The second-order valence-corrected chi connectivity index (χ2v) is 5.52. The van der Waals surface area contributed by atoms with Crippen LogP contribution in [0, 0.1) is 5.92 Å². The van der Waals surface area contributed by atoms with Crippen LogP contribution in [0.5, 0.6) is 0 Å². The van der Waals surface area contributed by atoms with Crippen molar-refractivity contribution in [1.29, 1.82) is 0 Å². The summed E-state index contributed by atoms with van der Waals surface area (Å²) in [6.45, 7) is 6.99. The van der Waals surface area contributed by atoms with Crippen LogP contribution >= 0.6 is 0 Å². The summed E-state index contributed by atoms with van der Waals surface area (Å²) in [5.41, 5.74) is -0.250. The zero-order valence-electron chi connectivity index (χ0n) is 10.3. The highest BCUT2D eigenvalue weighted by molar-refractivity contribution is 5.17. The maximum atomic E-state index is 9.12. The molecule has 1 aliphatic rings. The van der Waals surface area contributed by atoms with E-state index in [1.165, 1.54) is 6.42 Å². The van der Waals surface area contributed by atoms with Crippen molar-refractivity contribution in [2.75, 3.05) is 6.61 Å². The van der Waals surface area contributed by atoms with Crippen molar-refractivity contribution in [2.24, 2.45) is 5.92 Å². The number of aliphatic hydroxyl groups is 1. The van der Waals surface area contributed by atoms with Gasteiger partial charge in [-0.3, -0.25) is 0 Å². The van der Waals surface area contributed by atoms with Gasteiger partial charge in [-0.2, -0.15) is 0 Å². The molecule has 2 rings (SSSR count). The third kappa shape index (κ3) is 2.66. The number of hydrogen-bond acceptors (Lipinski definition) is 3. The van der Waals surface area contributed by atoms with Crippen LogP contribution in [0.3, 0.4) is 0 Å². The Balaban J connectivity index is 1.88. The first-order valence-corrected chi connectivity index (χ1v) is 5.96. The van der Waals surface area contributed by atoms with Gasteiger partial charge in [-0.25, -0.2) is 0 Å². The zero-order valence-corrected chi connectivity index (χ0v) is 10.3. The first-order valence-electron chi connectivity index (χ1n) is 5.96. The summed E-state index contributed by atoms with van der Waals surface area (Å²) in [6.07, 6.45) is 1.25. The molecule has 0 spiro atoms. The topological polar surface area (TPSA) is 45.4 Å². The van der Waals surface area contributed by atoms with Crippen LogP contribution < -0.4 is 5.32 Å². The molecule has 0 bridgehead atoms. The number of hydrogen-bond donors (Lipinski definition) is 2. The summed E-state index contributed by atoms with van der Waals surface area (Å²) in [4.78, 5) is 0. The molecule has 0 aliphatic heterocycles. The Morgan fingerprint density at radius 1 is 1.50 bits per heavy atom. The highest BCUT2D eigenvalue weighted by atomic mass is 16.3. The van der Waals surface area contributed by atoms with Crippen molar-refractivity contribution in [3.8, 4) is 0 Å². The Hall–Kier alpha value is -0.800. The quantitative estimate of drug-likeness (QED) is 0.805. The second-order valence-electron chi connectivity index (χ2n) is 5.52. The van der Waals surface area contributed by atoms with Gasteiger partial charge >= 0.3 is 0 Å². The van der Waals surface area contributed by atoms with Gasteiger partial charge in [-0.1, -0.05) is 6.92 Å². The van der Waals surface area contributed by atoms with Crippen LogP contribution in [0.25, 0.3) is 0 Å². The largest absolute Gasteiger partial charge is 0.464 e. The van der Waals surface area contributed by atoms with Crippen molar-refractivity contribution in [3.05, 3.63) is 23.7 Å². The predicted octanol–water partition coefficient (Wildman–Crippen LogP) is 2.26. The maximum Gasteiger partial charge on any atom is 0.117 e. The van der Waals surface area contributed by atoms with E-state index < -0.39 is 0 Å². The molecule has 1 heterocycles. The van der Waals surface area contributed by atoms with Gasteiger partial charge in [0.1, 0.15) is 11.5 Å². The lowest BCUT2D eigenvalue weighted by Gasteiger charge is -2.22. The van der Waals surface area contributed by atoms with Gasteiger partial charge in [-0.05, 0) is 38.3 Å². The maximum absolute atomic E-state index is 9.12. The Kier molecular flexibility index (Phi) is 3.08. The fourth-order valence-corrected chi connectivity index (χ4v) is 1.79. The molecule has 90 valence electrons. The number of nitrogens with one attached hydrogen (secondary N) is 1. The molecule has 1 aromatic heterocycles. The Bertz CT molecular complexity index is 357. The minimum absolute atomic E-state index is 0.125. The van der Waals surface area contributed by atoms with E-state index >= 15 is 0 Å². The van der Waals surface area contributed by atoms with Crippen LogP contribution in [0.4, 0.5) is 0 Å². The van der Waals surface area contributed by atoms with Gasteiger partial charge in [0, 0.05) is 11.5 Å². The highest BCUT2D eigenvalue weighted by Crippen LogP contribution is 2.47. The predicted molar refractivity (Wildman–Crippen MR) is 63.2 cm³/mol. The molecule has 1 saturated carbocycles. The van der Waals surface area contributed by atoms with Crippen molar-refractivity contribution < 1.29 is 9.52 Å². The number of rotatable bonds is 5. The minimum Gasteiger partial charge on any atom is -0.464 e. The first-order chi connectivity index (χ1) is 7.52. The van der Waals surface area contributed by atoms with E-state index in [2.05, 4.69) is 18.3 Å². The zero-order chi connectivity index (χ0) is 11.8. The van der Waals surface area contributed by atoms with Crippen LogP contribution in [-0.4, -0.2) is 17.3 Å². The van der Waals surface area contributed by atoms with Gasteiger partial charge in [0.25, 0.3) is 0 Å². The van der Waals surface area contributed by atoms with Crippen LogP contribution in [0.15, 0.2) is 16.5 Å². The molecule has 1 fully saturated rings. The average molecular weight is 223 g/mol. The van der Waals surface area contributed by atoms with Crippen molar-refractivity contribution >= 4 is 0 Å². The molecular formula is C13H21NO2. The van der Waals surface area contributed by atoms with E-state index in [4.69, 9.17) is 9.52 Å². The fraction of sp³-hybridized carbons (Fsp3) is 0.692. The molecule has 2 unspecified atom stereocenters. The van der Waals surface area contributed by atoms with Crippen LogP contribution in [0.2, 0.25) is 0 Å². The van der Waals surface area contributed by atoms with Gasteiger partial charge in [-0.15, -0.1) is 0 Å². The normalized spacial score (nSPS) is 24.8. The average Bonchev–Trinajstić information content (AvgIpc) is 2.81. The monoisotopic (exact) mass is 223 g/mol. The summed E-state index contributed by atoms with van der Waals surface area (Å²) < 4.78 is 5.77. The number of aliphatic hydroxyl groups excluding tert-OH is 1. The molecule has 0 radical (unpaired) electrons. The molecule has 0 aromatic carbocycles. The van der Waals surface area contributed by atoms with Crippen molar-refractivity contribution in [3.63, 3.8) is 0 Å². The fourth-order valence-electron chi connectivity index (χ4n) is 1.79. The van der Waals surface area contributed by atoms with Gasteiger partial charge < -0.3 is 14.8 Å². The molecule has 2 N–H and O–H groups in total. The molecule has 2 atom stereocenters. The number of furan rings is 1. The van der Waals surface area contributed by atoms with Crippen molar-refractivity contribution in [2.45, 2.75) is 45.2 Å². The lowest BCUT2D eigenvalue weighted by atomic mass is 10.1. The molecule has 3 nitrogen and oxygen atoms in total. The molecule has 16 heavy (non-hydrogen) atoms. The van der Waals surface area contributed by atoms with Gasteiger partial charge in [0.2, 0.25) is 0 Å². The van der Waals surface area contributed by atoms with E-state index in [9.17, 15) is 0 Å². The van der Waals surface area contributed by atoms with E-state index in [-0.39, 0.29) is 12.1 Å². The second kappa shape index (κ2) is 4.22. The summed E-state index contributed by atoms with van der Waals surface area (Å²) in [5, 5.41) is 12.4. The smallest absolute Gasteiger partial charge is 0.117 e. The summed E-state index contributed by atoms with van der Waals surface area (Å²) in [7, 11) is 0. The molecular weight excluding hydrogens is 202 g/mol. The minimum atomic E-state index is -0.250. The van der Waals surface area contributed by atoms with E-state index in [1.54, 1.807) is 0 Å². The third-order valence-corrected chi connectivity index (χ3v) is 3.29. The molecule has 1 aliphatic carbocycles. The molecule has 0 amide bonds. The van der Waals surface area contributed by atoms with Gasteiger partial charge in [0.05, 0.1) is 13.2 Å². The first kappa shape index (κ1) is 11.7. The van der Waals surface area contributed by atoms with Gasteiger partial charge in [0.15, 0.2) is 0 Å². The van der Waals surface area contributed by atoms with Crippen LogP contribution in [0.1, 0.15) is 44.6 Å². The summed E-state index contributed by atoms with van der Waals surface area (Å²) in [5.74, 6) is 3.49. The SMILES string of the molecule is CC1CC1c1ccc(CNC(C)(C)CO)o1. The highest BCUT2D eigenvalue weighted by Gasteiger charge is 2.36. The summed E-state index contributed by atoms with van der Waals surface area (Å²) >= 11 is 0. The lowest BCUT2D eigenvalue weighted by molar-refractivity contribution is 0.184. The Labute approximate surface area is 96.8 Å². The van der Waals surface area contributed by atoms with Crippen molar-refractivity contribution in [1.82, 2.24) is 5.32 Å². The molecule has 0 saturated heterocycles. The Morgan fingerprint density at radius 3 is 2.75 bits per heavy atom. The molecule has 3 heteroatoms. The van der Waals surface area contributed by atoms with E-state index in [0.717, 1.165) is 17.4 Å². The standard InChI is InChI=1S/C13H21NO2/c1-9-6-11(9)12-5-4-10(16-12)7-14-13(2,3)8-15/h4-5,9,11,14-15H,6-8H2,1-3H3. The lowest BCUT2D eigenvalue weighted by Crippen LogP contribution is -2.41. The molecule has 1 aromatic rings.